The molecule has 0 heterocycles. The summed E-state index contributed by atoms with van der Waals surface area (Å²) in [6.07, 6.45) is 0.490. The van der Waals surface area contributed by atoms with Crippen LogP contribution in [0.2, 0.25) is 0 Å². The molecule has 0 aliphatic carbocycles. The van der Waals surface area contributed by atoms with Crippen LogP contribution in [0.25, 0.3) is 11.1 Å². The summed E-state index contributed by atoms with van der Waals surface area (Å²) in [5, 5.41) is 21.6. The van der Waals surface area contributed by atoms with Gasteiger partial charge in [0.1, 0.15) is 11.5 Å². The lowest BCUT2D eigenvalue weighted by atomic mass is 10.0. The Balaban J connectivity index is 2.50. The predicted molar refractivity (Wildman–Crippen MR) is 64.9 cm³/mol. The number of hydrogen-bond acceptors (Lipinski definition) is 3. The Bertz CT molecular complexity index is 552. The molecule has 2 aromatic carbocycles. The monoisotopic (exact) mass is 229 g/mol. The van der Waals surface area contributed by atoms with Crippen LogP contribution in [-0.2, 0) is 4.79 Å². The molecule has 0 unspecified atom stereocenters. The maximum absolute atomic E-state index is 10.4. The summed E-state index contributed by atoms with van der Waals surface area (Å²) in [7, 11) is 0. The van der Waals surface area contributed by atoms with E-state index >= 15 is 0 Å². The predicted octanol–water partition coefficient (Wildman–Crippen LogP) is 2.33. The van der Waals surface area contributed by atoms with Crippen LogP contribution in [0.15, 0.2) is 42.5 Å². The van der Waals surface area contributed by atoms with E-state index in [0.29, 0.717) is 23.2 Å². The number of para-hydroxylation sites is 1. The number of carbonyl (C=O) groups excluding carboxylic acids is 1. The first-order chi connectivity index (χ1) is 8.22. The van der Waals surface area contributed by atoms with E-state index in [1.807, 2.05) is 0 Å². The molecule has 0 aliphatic rings. The Morgan fingerprint density at radius 2 is 1.76 bits per heavy atom. The zero-order chi connectivity index (χ0) is 12.3. The van der Waals surface area contributed by atoms with E-state index in [0.717, 1.165) is 0 Å². The molecule has 17 heavy (non-hydrogen) atoms. The third-order valence-electron chi connectivity index (χ3n) is 2.43. The van der Waals surface area contributed by atoms with Gasteiger partial charge in [0, 0.05) is 5.56 Å². The van der Waals surface area contributed by atoms with Gasteiger partial charge in [-0.25, -0.2) is 0 Å². The summed E-state index contributed by atoms with van der Waals surface area (Å²) >= 11 is 0. The Labute approximate surface area is 98.2 Å². The minimum Gasteiger partial charge on any atom is -0.507 e. The fourth-order valence-corrected chi connectivity index (χ4v) is 1.60. The average molecular weight is 229 g/mol. The topological polar surface area (TPSA) is 69.6 Å². The Kier molecular flexibility index (Phi) is 2.96. The third-order valence-corrected chi connectivity index (χ3v) is 2.43. The second-order valence-electron chi connectivity index (χ2n) is 3.51. The molecule has 0 radical (unpaired) electrons. The van der Waals surface area contributed by atoms with Gasteiger partial charge in [-0.2, -0.15) is 0 Å². The number of phenols is 2. The number of benzene rings is 2. The molecule has 0 saturated heterocycles. The van der Waals surface area contributed by atoms with Crippen molar-refractivity contribution in [2.45, 2.75) is 0 Å². The van der Waals surface area contributed by atoms with Gasteiger partial charge >= 0.3 is 0 Å². The lowest BCUT2D eigenvalue weighted by Gasteiger charge is -2.08. The van der Waals surface area contributed by atoms with E-state index in [-0.39, 0.29) is 11.5 Å². The highest BCUT2D eigenvalue weighted by atomic mass is 16.3. The molecule has 4 heteroatoms. The van der Waals surface area contributed by atoms with E-state index in [9.17, 15) is 15.0 Å². The normalized spacial score (nSPS) is 9.88. The van der Waals surface area contributed by atoms with Crippen LogP contribution in [0.5, 0.6) is 11.5 Å². The summed E-state index contributed by atoms with van der Waals surface area (Å²) in [5.74, 6) is 0.131. The number of nitrogens with one attached hydrogen (secondary N) is 1. The molecule has 3 N–H and O–H groups in total. The fourth-order valence-electron chi connectivity index (χ4n) is 1.60. The fraction of sp³-hybridized carbons (Fsp3) is 0. The van der Waals surface area contributed by atoms with E-state index in [1.165, 1.54) is 6.07 Å². The lowest BCUT2D eigenvalue weighted by Crippen LogP contribution is -1.94. The van der Waals surface area contributed by atoms with Gasteiger partial charge in [0.15, 0.2) is 0 Å². The zero-order valence-electron chi connectivity index (χ0n) is 8.92. The second kappa shape index (κ2) is 4.57. The minimum absolute atomic E-state index is 0.0173. The Morgan fingerprint density at radius 3 is 2.47 bits per heavy atom. The maximum atomic E-state index is 10.4. The summed E-state index contributed by atoms with van der Waals surface area (Å²) in [6.45, 7) is 0. The van der Waals surface area contributed by atoms with Crippen LogP contribution in [0.4, 0.5) is 5.69 Å². The average Bonchev–Trinajstić information content (AvgIpc) is 2.33. The molecular formula is C13H11NO3. The quantitative estimate of drug-likeness (QED) is 0.559. The molecule has 0 fully saturated rings. The first-order valence-electron chi connectivity index (χ1n) is 5.04. The van der Waals surface area contributed by atoms with Gasteiger partial charge in [-0.05, 0) is 23.8 Å². The number of hydrogen-bond donors (Lipinski definition) is 3. The summed E-state index contributed by atoms with van der Waals surface area (Å²) < 4.78 is 0. The van der Waals surface area contributed by atoms with Crippen molar-refractivity contribution in [2.75, 3.05) is 5.32 Å². The van der Waals surface area contributed by atoms with E-state index in [1.54, 1.807) is 36.4 Å². The SMILES string of the molecule is O=CNc1cc(-c2ccccc2O)ccc1O. The standard InChI is InChI=1S/C13H11NO3/c15-8-14-11-7-9(5-6-13(11)17)10-3-1-2-4-12(10)16/h1-8,16-17H,(H,14,15). The maximum Gasteiger partial charge on any atom is 0.211 e. The van der Waals surface area contributed by atoms with Gasteiger partial charge in [0.25, 0.3) is 0 Å². The molecule has 4 nitrogen and oxygen atoms in total. The molecule has 2 aromatic rings. The molecular weight excluding hydrogens is 218 g/mol. The number of rotatable bonds is 3. The molecule has 0 aliphatic heterocycles. The first-order valence-corrected chi connectivity index (χ1v) is 5.04. The number of phenolic OH excluding ortho intramolecular Hbond substituents is 2. The Morgan fingerprint density at radius 1 is 1.00 bits per heavy atom. The van der Waals surface area contributed by atoms with Crippen molar-refractivity contribution in [3.05, 3.63) is 42.5 Å². The van der Waals surface area contributed by atoms with Crippen molar-refractivity contribution in [1.29, 1.82) is 0 Å². The number of amides is 1. The van der Waals surface area contributed by atoms with Gasteiger partial charge in [-0.1, -0.05) is 24.3 Å². The van der Waals surface area contributed by atoms with Gasteiger partial charge in [-0.3, -0.25) is 4.79 Å². The molecule has 86 valence electrons. The van der Waals surface area contributed by atoms with Crippen molar-refractivity contribution in [2.24, 2.45) is 0 Å². The number of anilines is 1. The van der Waals surface area contributed by atoms with Crippen LogP contribution in [0.1, 0.15) is 0 Å². The summed E-state index contributed by atoms with van der Waals surface area (Å²) in [4.78, 5) is 10.4. The van der Waals surface area contributed by atoms with Crippen LogP contribution < -0.4 is 5.32 Å². The first kappa shape index (κ1) is 11.0. The highest BCUT2D eigenvalue weighted by molar-refractivity contribution is 5.81. The molecule has 0 spiro atoms. The minimum atomic E-state index is -0.0173. The van der Waals surface area contributed by atoms with Crippen LogP contribution in [0, 0.1) is 0 Å². The van der Waals surface area contributed by atoms with Crippen molar-refractivity contribution in [3.8, 4) is 22.6 Å². The van der Waals surface area contributed by atoms with Crippen molar-refractivity contribution in [3.63, 3.8) is 0 Å². The summed E-state index contributed by atoms with van der Waals surface area (Å²) in [5.41, 5.74) is 1.66. The van der Waals surface area contributed by atoms with E-state index in [2.05, 4.69) is 5.32 Å². The highest BCUT2D eigenvalue weighted by Gasteiger charge is 2.06. The molecule has 0 aromatic heterocycles. The molecule has 2 rings (SSSR count). The van der Waals surface area contributed by atoms with Gasteiger partial charge < -0.3 is 15.5 Å². The van der Waals surface area contributed by atoms with Crippen LogP contribution in [0.3, 0.4) is 0 Å². The Hall–Kier alpha value is -2.49. The van der Waals surface area contributed by atoms with E-state index in [4.69, 9.17) is 0 Å². The summed E-state index contributed by atoms with van der Waals surface area (Å²) in [6, 6.07) is 11.6. The highest BCUT2D eigenvalue weighted by Crippen LogP contribution is 2.33. The zero-order valence-corrected chi connectivity index (χ0v) is 8.92. The van der Waals surface area contributed by atoms with Crippen molar-refractivity contribution >= 4 is 12.1 Å². The molecule has 1 amide bonds. The van der Waals surface area contributed by atoms with Crippen molar-refractivity contribution in [1.82, 2.24) is 0 Å². The number of aromatic hydroxyl groups is 2. The van der Waals surface area contributed by atoms with Gasteiger partial charge in [-0.15, -0.1) is 0 Å². The second-order valence-corrected chi connectivity index (χ2v) is 3.51. The smallest absolute Gasteiger partial charge is 0.211 e. The van der Waals surface area contributed by atoms with Gasteiger partial charge in [0.05, 0.1) is 5.69 Å². The van der Waals surface area contributed by atoms with Crippen molar-refractivity contribution < 1.29 is 15.0 Å². The molecule has 0 saturated carbocycles. The molecule has 0 atom stereocenters. The number of carbonyl (C=O) groups is 1. The third kappa shape index (κ3) is 2.20. The van der Waals surface area contributed by atoms with Crippen LogP contribution >= 0.6 is 0 Å². The molecule has 0 bridgehead atoms. The van der Waals surface area contributed by atoms with Crippen LogP contribution in [-0.4, -0.2) is 16.6 Å². The largest absolute Gasteiger partial charge is 0.507 e. The van der Waals surface area contributed by atoms with Gasteiger partial charge in [0.2, 0.25) is 6.41 Å². The lowest BCUT2D eigenvalue weighted by molar-refractivity contribution is -0.105. The van der Waals surface area contributed by atoms with E-state index < -0.39 is 0 Å².